The Morgan fingerprint density at radius 1 is 1.00 bits per heavy atom. The lowest BCUT2D eigenvalue weighted by Gasteiger charge is -2.08. The molecule has 0 amide bonds. The van der Waals surface area contributed by atoms with Gasteiger partial charge in [-0.2, -0.15) is 0 Å². The van der Waals surface area contributed by atoms with Gasteiger partial charge < -0.3 is 19.2 Å². The van der Waals surface area contributed by atoms with Crippen molar-refractivity contribution in [3.8, 4) is 22.6 Å². The number of aromatic amines is 1. The van der Waals surface area contributed by atoms with Crippen molar-refractivity contribution in [3.63, 3.8) is 0 Å². The van der Waals surface area contributed by atoms with Gasteiger partial charge in [0.25, 0.3) is 0 Å². The molecule has 1 N–H and O–H groups in total. The highest BCUT2D eigenvalue weighted by atomic mass is 35.5. The lowest BCUT2D eigenvalue weighted by atomic mass is 10.0. The smallest absolute Gasteiger partial charge is 0.355 e. The minimum atomic E-state index is -0.450. The minimum absolute atomic E-state index is 0.366. The van der Waals surface area contributed by atoms with Gasteiger partial charge in [-0.1, -0.05) is 23.7 Å². The Morgan fingerprint density at radius 3 is 2.21 bits per heavy atom. The van der Waals surface area contributed by atoms with Crippen LogP contribution >= 0.6 is 11.6 Å². The van der Waals surface area contributed by atoms with E-state index in [2.05, 4.69) is 4.98 Å². The average molecular weight is 346 g/mol. The number of ether oxygens (including phenoxy) is 3. The number of methoxy groups -OCH3 is 3. The fourth-order valence-corrected chi connectivity index (χ4v) is 2.82. The van der Waals surface area contributed by atoms with Crippen molar-refractivity contribution in [2.75, 3.05) is 21.3 Å². The highest BCUT2D eigenvalue weighted by Crippen LogP contribution is 2.39. The lowest BCUT2D eigenvalue weighted by molar-refractivity contribution is 0.0596. The molecule has 0 fully saturated rings. The predicted octanol–water partition coefficient (Wildman–Crippen LogP) is 4.29. The Hall–Kier alpha value is -2.66. The quantitative estimate of drug-likeness (QED) is 0.716. The maximum absolute atomic E-state index is 12.2. The van der Waals surface area contributed by atoms with Gasteiger partial charge in [-0.15, -0.1) is 0 Å². The van der Waals surface area contributed by atoms with Crippen molar-refractivity contribution < 1.29 is 19.0 Å². The molecule has 2 aromatic carbocycles. The van der Waals surface area contributed by atoms with Gasteiger partial charge in [-0.05, 0) is 23.8 Å². The van der Waals surface area contributed by atoms with E-state index in [0.29, 0.717) is 22.2 Å². The maximum Gasteiger partial charge on any atom is 0.355 e. The Bertz CT molecular complexity index is 900. The fraction of sp³-hybridized carbons (Fsp3) is 0.167. The normalized spacial score (nSPS) is 10.7. The van der Waals surface area contributed by atoms with E-state index in [1.807, 2.05) is 18.2 Å². The summed E-state index contributed by atoms with van der Waals surface area (Å²) in [5.74, 6) is 0.704. The molecular formula is C18H16ClNO4. The molecule has 6 heteroatoms. The van der Waals surface area contributed by atoms with Crippen LogP contribution in [0.25, 0.3) is 22.0 Å². The number of carbonyl (C=O) groups excluding carboxylic acids is 1. The first kappa shape index (κ1) is 16.2. The summed E-state index contributed by atoms with van der Waals surface area (Å²) in [6.45, 7) is 0. The van der Waals surface area contributed by atoms with Crippen LogP contribution < -0.4 is 9.47 Å². The van der Waals surface area contributed by atoms with Crippen molar-refractivity contribution in [1.29, 1.82) is 0 Å². The summed E-state index contributed by atoms with van der Waals surface area (Å²) in [6.07, 6.45) is 0. The van der Waals surface area contributed by atoms with Crippen LogP contribution in [0.3, 0.4) is 0 Å². The van der Waals surface area contributed by atoms with Gasteiger partial charge in [0.05, 0.1) is 26.8 Å². The Balaban J connectivity index is 2.34. The first-order valence-electron chi connectivity index (χ1n) is 7.21. The van der Waals surface area contributed by atoms with E-state index in [9.17, 15) is 4.79 Å². The van der Waals surface area contributed by atoms with E-state index in [1.54, 1.807) is 32.4 Å². The third-order valence-corrected chi connectivity index (χ3v) is 4.08. The van der Waals surface area contributed by atoms with Crippen molar-refractivity contribution in [2.45, 2.75) is 0 Å². The molecule has 0 aliphatic carbocycles. The molecule has 5 nitrogen and oxygen atoms in total. The van der Waals surface area contributed by atoms with E-state index in [0.717, 1.165) is 22.0 Å². The van der Waals surface area contributed by atoms with Crippen LogP contribution in [0.5, 0.6) is 11.5 Å². The van der Waals surface area contributed by atoms with Crippen molar-refractivity contribution in [2.24, 2.45) is 0 Å². The maximum atomic E-state index is 12.2. The molecule has 1 heterocycles. The van der Waals surface area contributed by atoms with Crippen LogP contribution in [-0.4, -0.2) is 32.3 Å². The molecule has 0 unspecified atom stereocenters. The van der Waals surface area contributed by atoms with Gasteiger partial charge in [0.2, 0.25) is 0 Å². The van der Waals surface area contributed by atoms with Gasteiger partial charge in [0, 0.05) is 22.0 Å². The number of esters is 1. The number of nitrogens with one attached hydrogen (secondary N) is 1. The predicted molar refractivity (Wildman–Crippen MR) is 93.2 cm³/mol. The van der Waals surface area contributed by atoms with Crippen molar-refractivity contribution in [1.82, 2.24) is 4.98 Å². The zero-order valence-electron chi connectivity index (χ0n) is 13.5. The molecule has 1 aromatic heterocycles. The monoisotopic (exact) mass is 345 g/mol. The highest BCUT2D eigenvalue weighted by molar-refractivity contribution is 6.30. The first-order chi connectivity index (χ1) is 11.6. The number of aromatic nitrogens is 1. The summed E-state index contributed by atoms with van der Waals surface area (Å²) >= 11 is 5.97. The SMILES string of the molecule is COC(=O)c1[nH]c2cc(OC)c(OC)cc2c1-c1ccc(Cl)cc1. The molecule has 0 saturated heterocycles. The molecule has 0 atom stereocenters. The summed E-state index contributed by atoms with van der Waals surface area (Å²) in [7, 11) is 4.48. The molecule has 0 spiro atoms. The highest BCUT2D eigenvalue weighted by Gasteiger charge is 2.21. The molecule has 0 aliphatic heterocycles. The largest absolute Gasteiger partial charge is 0.493 e. The van der Waals surface area contributed by atoms with E-state index < -0.39 is 5.97 Å². The lowest BCUT2D eigenvalue weighted by Crippen LogP contribution is -2.03. The number of hydrogen-bond acceptors (Lipinski definition) is 4. The van der Waals surface area contributed by atoms with Gasteiger partial charge in [-0.3, -0.25) is 0 Å². The number of H-pyrrole nitrogens is 1. The number of hydrogen-bond donors (Lipinski definition) is 1. The van der Waals surface area contributed by atoms with E-state index in [-0.39, 0.29) is 0 Å². The number of fused-ring (bicyclic) bond motifs is 1. The van der Waals surface area contributed by atoms with Gasteiger partial charge in [0.15, 0.2) is 11.5 Å². The Labute approximate surface area is 144 Å². The molecule has 0 saturated carbocycles. The summed E-state index contributed by atoms with van der Waals surface area (Å²) in [5, 5.41) is 1.45. The van der Waals surface area contributed by atoms with E-state index >= 15 is 0 Å². The fourth-order valence-electron chi connectivity index (χ4n) is 2.69. The standard InChI is InChI=1S/C18H16ClNO4/c1-22-14-8-12-13(9-15(14)23-2)20-17(18(21)24-3)16(12)10-4-6-11(19)7-5-10/h4-9,20H,1-3H3. The molecular weight excluding hydrogens is 330 g/mol. The summed E-state index contributed by atoms with van der Waals surface area (Å²) < 4.78 is 15.6. The Morgan fingerprint density at radius 2 is 1.62 bits per heavy atom. The van der Waals surface area contributed by atoms with Crippen LogP contribution in [0.1, 0.15) is 10.5 Å². The van der Waals surface area contributed by atoms with Crippen molar-refractivity contribution in [3.05, 3.63) is 47.1 Å². The first-order valence-corrected chi connectivity index (χ1v) is 7.58. The second-order valence-corrected chi connectivity index (χ2v) is 5.56. The van der Waals surface area contributed by atoms with E-state index in [1.165, 1.54) is 7.11 Å². The summed E-state index contributed by atoms with van der Waals surface area (Å²) in [5.41, 5.74) is 2.69. The summed E-state index contributed by atoms with van der Waals surface area (Å²) in [6, 6.07) is 10.9. The number of rotatable bonds is 4. The zero-order valence-corrected chi connectivity index (χ0v) is 14.2. The van der Waals surface area contributed by atoms with Crippen molar-refractivity contribution >= 4 is 28.5 Å². The molecule has 3 aromatic rings. The molecule has 3 rings (SSSR count). The van der Waals surface area contributed by atoms with E-state index in [4.69, 9.17) is 25.8 Å². The van der Waals surface area contributed by atoms with Gasteiger partial charge in [0.1, 0.15) is 5.69 Å². The second-order valence-electron chi connectivity index (χ2n) is 5.13. The van der Waals surface area contributed by atoms with Crippen LogP contribution in [0.15, 0.2) is 36.4 Å². The average Bonchev–Trinajstić information content (AvgIpc) is 2.98. The minimum Gasteiger partial charge on any atom is -0.493 e. The number of halogens is 1. The van der Waals surface area contributed by atoms with Crippen LogP contribution in [0.4, 0.5) is 0 Å². The number of benzene rings is 2. The second kappa shape index (κ2) is 6.45. The third-order valence-electron chi connectivity index (χ3n) is 3.83. The van der Waals surface area contributed by atoms with Gasteiger partial charge in [-0.25, -0.2) is 4.79 Å². The van der Waals surface area contributed by atoms with Crippen LogP contribution in [-0.2, 0) is 4.74 Å². The Kier molecular flexibility index (Phi) is 4.36. The molecule has 0 aliphatic rings. The van der Waals surface area contributed by atoms with Crippen LogP contribution in [0, 0.1) is 0 Å². The molecule has 0 bridgehead atoms. The van der Waals surface area contributed by atoms with Crippen LogP contribution in [0.2, 0.25) is 5.02 Å². The number of carbonyl (C=O) groups is 1. The molecule has 0 radical (unpaired) electrons. The topological polar surface area (TPSA) is 60.6 Å². The third kappa shape index (κ3) is 2.67. The zero-order chi connectivity index (χ0) is 17.3. The summed E-state index contributed by atoms with van der Waals surface area (Å²) in [4.78, 5) is 15.3. The molecule has 124 valence electrons. The van der Waals surface area contributed by atoms with Gasteiger partial charge >= 0.3 is 5.97 Å². The molecule has 24 heavy (non-hydrogen) atoms.